The number of benzene rings is 1. The number of nitrogens with one attached hydrogen (secondary N) is 1. The molecule has 0 amide bonds. The zero-order valence-corrected chi connectivity index (χ0v) is 9.26. The second kappa shape index (κ2) is 4.86. The maximum atomic E-state index is 13.1. The van der Waals surface area contributed by atoms with Gasteiger partial charge in [-0.05, 0) is 12.1 Å². The summed E-state index contributed by atoms with van der Waals surface area (Å²) in [6, 6.07) is 3.13. The fourth-order valence-corrected chi connectivity index (χ4v) is 1.62. The topological polar surface area (TPSA) is 66.4 Å². The highest BCUT2D eigenvalue weighted by Gasteiger charge is 2.18. The van der Waals surface area contributed by atoms with Crippen LogP contribution in [0.15, 0.2) is 18.2 Å². The van der Waals surface area contributed by atoms with Crippen LogP contribution in [-0.2, 0) is 10.0 Å². The van der Waals surface area contributed by atoms with Crippen molar-refractivity contribution in [2.24, 2.45) is 0 Å². The van der Waals surface area contributed by atoms with Gasteiger partial charge in [-0.15, -0.1) is 0 Å². The molecule has 0 fully saturated rings. The SMILES string of the molecule is CS(=O)(=O)NCC(O)c1c(F)cccc1F. The van der Waals surface area contributed by atoms with Gasteiger partial charge in [0.05, 0.1) is 17.9 Å². The quantitative estimate of drug-likeness (QED) is 0.821. The van der Waals surface area contributed by atoms with E-state index in [9.17, 15) is 22.3 Å². The maximum absolute atomic E-state index is 13.1. The highest BCUT2D eigenvalue weighted by molar-refractivity contribution is 7.88. The molecule has 16 heavy (non-hydrogen) atoms. The van der Waals surface area contributed by atoms with E-state index in [0.717, 1.165) is 24.5 Å². The molecule has 1 atom stereocenters. The average molecular weight is 251 g/mol. The lowest BCUT2D eigenvalue weighted by Crippen LogP contribution is -2.28. The van der Waals surface area contributed by atoms with Gasteiger partial charge in [0.15, 0.2) is 0 Å². The number of sulfonamides is 1. The highest BCUT2D eigenvalue weighted by Crippen LogP contribution is 2.19. The zero-order valence-electron chi connectivity index (χ0n) is 8.44. The number of hydrogen-bond acceptors (Lipinski definition) is 3. The Morgan fingerprint density at radius 2 is 1.88 bits per heavy atom. The molecule has 0 saturated heterocycles. The first-order valence-corrected chi connectivity index (χ1v) is 6.27. The van der Waals surface area contributed by atoms with Crippen molar-refractivity contribution < 1.29 is 22.3 Å². The molecule has 90 valence electrons. The summed E-state index contributed by atoms with van der Waals surface area (Å²) in [6.45, 7) is -0.476. The number of aliphatic hydroxyl groups excluding tert-OH is 1. The molecule has 0 aliphatic carbocycles. The van der Waals surface area contributed by atoms with Gasteiger partial charge in [0.1, 0.15) is 11.6 Å². The molecule has 7 heteroatoms. The Balaban J connectivity index is 2.85. The third-order valence-electron chi connectivity index (χ3n) is 1.87. The van der Waals surface area contributed by atoms with Crippen molar-refractivity contribution in [1.82, 2.24) is 4.72 Å². The van der Waals surface area contributed by atoms with Crippen molar-refractivity contribution in [3.8, 4) is 0 Å². The van der Waals surface area contributed by atoms with Crippen LogP contribution in [-0.4, -0.2) is 26.3 Å². The van der Waals surface area contributed by atoms with Gasteiger partial charge in [-0.25, -0.2) is 21.9 Å². The van der Waals surface area contributed by atoms with E-state index in [1.165, 1.54) is 0 Å². The van der Waals surface area contributed by atoms with E-state index in [2.05, 4.69) is 0 Å². The smallest absolute Gasteiger partial charge is 0.208 e. The molecular formula is C9H11F2NO3S. The Morgan fingerprint density at radius 3 is 2.31 bits per heavy atom. The van der Waals surface area contributed by atoms with Crippen molar-refractivity contribution in [3.63, 3.8) is 0 Å². The zero-order chi connectivity index (χ0) is 12.3. The van der Waals surface area contributed by atoms with Crippen LogP contribution in [0, 0.1) is 11.6 Å². The largest absolute Gasteiger partial charge is 0.387 e. The molecule has 0 bridgehead atoms. The molecule has 2 N–H and O–H groups in total. The fourth-order valence-electron chi connectivity index (χ4n) is 1.16. The minimum absolute atomic E-state index is 0.476. The predicted octanol–water partition coefficient (Wildman–Crippen LogP) is 0.547. The molecule has 1 aromatic rings. The van der Waals surface area contributed by atoms with Crippen molar-refractivity contribution in [2.45, 2.75) is 6.10 Å². The van der Waals surface area contributed by atoms with Crippen LogP contribution in [0.4, 0.5) is 8.78 Å². The van der Waals surface area contributed by atoms with Crippen LogP contribution in [0.5, 0.6) is 0 Å². The maximum Gasteiger partial charge on any atom is 0.208 e. The summed E-state index contributed by atoms with van der Waals surface area (Å²) in [6.07, 6.45) is -0.673. The number of rotatable bonds is 4. The van der Waals surface area contributed by atoms with Gasteiger partial charge in [0.25, 0.3) is 0 Å². The van der Waals surface area contributed by atoms with Crippen LogP contribution < -0.4 is 4.72 Å². The summed E-state index contributed by atoms with van der Waals surface area (Å²) in [5.74, 6) is -1.83. The Hall–Kier alpha value is -1.05. The highest BCUT2D eigenvalue weighted by atomic mass is 32.2. The molecule has 0 radical (unpaired) electrons. The van der Waals surface area contributed by atoms with Crippen LogP contribution in [0.3, 0.4) is 0 Å². The third-order valence-corrected chi connectivity index (χ3v) is 2.56. The van der Waals surface area contributed by atoms with Crippen LogP contribution in [0.2, 0.25) is 0 Å². The summed E-state index contributed by atoms with van der Waals surface area (Å²) in [5, 5.41) is 9.44. The van der Waals surface area contributed by atoms with Crippen LogP contribution >= 0.6 is 0 Å². The van der Waals surface area contributed by atoms with E-state index < -0.39 is 39.9 Å². The van der Waals surface area contributed by atoms with Gasteiger partial charge in [0, 0.05) is 6.54 Å². The first-order chi connectivity index (χ1) is 7.31. The number of hydrogen-bond donors (Lipinski definition) is 2. The monoisotopic (exact) mass is 251 g/mol. The standard InChI is InChI=1S/C9H11F2NO3S/c1-16(14,15)12-5-8(13)9-6(10)3-2-4-7(9)11/h2-4,8,12-13H,5H2,1H3. The van der Waals surface area contributed by atoms with E-state index in [-0.39, 0.29) is 0 Å². The Morgan fingerprint density at radius 1 is 1.38 bits per heavy atom. The molecule has 1 unspecified atom stereocenters. The van der Waals surface area contributed by atoms with E-state index in [1.54, 1.807) is 0 Å². The van der Waals surface area contributed by atoms with Gasteiger partial charge in [-0.2, -0.15) is 0 Å². The predicted molar refractivity (Wildman–Crippen MR) is 54.2 cm³/mol. The summed E-state index contributed by atoms with van der Waals surface area (Å²) < 4.78 is 49.7. The minimum atomic E-state index is -3.51. The fraction of sp³-hybridized carbons (Fsp3) is 0.333. The lowest BCUT2D eigenvalue weighted by atomic mass is 10.1. The van der Waals surface area contributed by atoms with Crippen LogP contribution in [0.25, 0.3) is 0 Å². The number of halogens is 2. The van der Waals surface area contributed by atoms with Gasteiger partial charge in [0.2, 0.25) is 10.0 Å². The normalized spacial score (nSPS) is 13.8. The molecule has 0 aliphatic heterocycles. The first kappa shape index (κ1) is 13.0. The Labute approximate surface area is 92.0 Å². The Kier molecular flexibility index (Phi) is 3.95. The second-order valence-electron chi connectivity index (χ2n) is 3.27. The van der Waals surface area contributed by atoms with Crippen LogP contribution in [0.1, 0.15) is 11.7 Å². The summed E-state index contributed by atoms with van der Waals surface area (Å²) in [7, 11) is -3.51. The van der Waals surface area contributed by atoms with Gasteiger partial charge >= 0.3 is 0 Å². The summed E-state index contributed by atoms with van der Waals surface area (Å²) in [4.78, 5) is 0. The molecule has 0 saturated carbocycles. The average Bonchev–Trinajstić information content (AvgIpc) is 2.13. The molecule has 0 heterocycles. The van der Waals surface area contributed by atoms with Crippen molar-refractivity contribution in [3.05, 3.63) is 35.4 Å². The third kappa shape index (κ3) is 3.51. The molecule has 4 nitrogen and oxygen atoms in total. The van der Waals surface area contributed by atoms with E-state index in [4.69, 9.17) is 0 Å². The lowest BCUT2D eigenvalue weighted by molar-refractivity contribution is 0.172. The van der Waals surface area contributed by atoms with Crippen molar-refractivity contribution in [2.75, 3.05) is 12.8 Å². The Bertz CT molecular complexity index is 455. The molecule has 0 aromatic heterocycles. The minimum Gasteiger partial charge on any atom is -0.387 e. The molecular weight excluding hydrogens is 240 g/mol. The number of aliphatic hydroxyl groups is 1. The van der Waals surface area contributed by atoms with Gasteiger partial charge in [-0.3, -0.25) is 0 Å². The van der Waals surface area contributed by atoms with E-state index >= 15 is 0 Å². The van der Waals surface area contributed by atoms with Gasteiger partial charge in [-0.1, -0.05) is 6.07 Å². The van der Waals surface area contributed by atoms with E-state index in [1.807, 2.05) is 4.72 Å². The lowest BCUT2D eigenvalue weighted by Gasteiger charge is -2.12. The second-order valence-corrected chi connectivity index (χ2v) is 5.10. The van der Waals surface area contributed by atoms with Gasteiger partial charge < -0.3 is 5.11 Å². The molecule has 0 spiro atoms. The molecule has 1 rings (SSSR count). The molecule has 0 aliphatic rings. The summed E-state index contributed by atoms with van der Waals surface area (Å²) >= 11 is 0. The van der Waals surface area contributed by atoms with Crippen molar-refractivity contribution >= 4 is 10.0 Å². The first-order valence-electron chi connectivity index (χ1n) is 4.38. The summed E-state index contributed by atoms with van der Waals surface area (Å²) in [5.41, 5.74) is -0.543. The van der Waals surface area contributed by atoms with Crippen molar-refractivity contribution in [1.29, 1.82) is 0 Å². The molecule has 1 aromatic carbocycles. The van der Waals surface area contributed by atoms with E-state index in [0.29, 0.717) is 0 Å².